The largest absolute Gasteiger partial charge is 0.350 e. The molecule has 36 heavy (non-hydrogen) atoms. The van der Waals surface area contributed by atoms with Crippen molar-refractivity contribution in [1.82, 2.24) is 10.2 Å². The Morgan fingerprint density at radius 2 is 1.75 bits per heavy atom. The first-order valence-corrected chi connectivity index (χ1v) is 13.4. The van der Waals surface area contributed by atoms with Gasteiger partial charge in [-0.05, 0) is 103 Å². The Morgan fingerprint density at radius 1 is 0.972 bits per heavy atom. The molecule has 1 fully saturated rings. The van der Waals surface area contributed by atoms with Crippen LogP contribution in [0.2, 0.25) is 0 Å². The van der Waals surface area contributed by atoms with Gasteiger partial charge < -0.3 is 10.2 Å². The lowest BCUT2D eigenvalue weighted by Crippen LogP contribution is -2.37. The molecule has 0 aromatic heterocycles. The van der Waals surface area contributed by atoms with Gasteiger partial charge in [0.2, 0.25) is 5.91 Å². The average Bonchev–Trinajstić information content (AvgIpc) is 3.13. The van der Waals surface area contributed by atoms with Gasteiger partial charge in [-0.15, -0.1) is 0 Å². The second-order valence-electron chi connectivity index (χ2n) is 10.4. The summed E-state index contributed by atoms with van der Waals surface area (Å²) in [7, 11) is 0. The minimum Gasteiger partial charge on any atom is -0.350 e. The van der Waals surface area contributed by atoms with E-state index in [-0.39, 0.29) is 11.9 Å². The lowest BCUT2D eigenvalue weighted by atomic mass is 9.84. The molecule has 0 unspecified atom stereocenters. The molecule has 0 saturated heterocycles. The number of hydrogen-bond acceptors (Lipinski definition) is 3. The van der Waals surface area contributed by atoms with Crippen LogP contribution in [-0.4, -0.2) is 36.5 Å². The Morgan fingerprint density at radius 3 is 2.58 bits per heavy atom. The number of carbonyl (C=O) groups excluding carboxylic acids is 1. The number of nitriles is 1. The molecule has 0 spiro atoms. The zero-order valence-corrected chi connectivity index (χ0v) is 21.0. The summed E-state index contributed by atoms with van der Waals surface area (Å²) < 4.78 is 0. The van der Waals surface area contributed by atoms with E-state index < -0.39 is 0 Å². The zero-order chi connectivity index (χ0) is 24.7. The standard InChI is InChI=1S/C32H35N3O/c33-23-25-8-11-26-17-20-35(21-18-29(26)22-25)19-16-24-9-13-30(14-10-24)34-32(36)15-12-28-6-3-5-27-4-1-2-7-31(27)28/h1-8,11-12,15,22,24,30H,9-10,13-14,16-21H2,(H,34,36)/b15-12+. The molecule has 5 rings (SSSR count). The normalized spacial score (nSPS) is 20.5. The molecular weight excluding hydrogens is 442 g/mol. The number of nitrogens with one attached hydrogen (secondary N) is 1. The minimum atomic E-state index is 0.00933. The molecule has 4 heteroatoms. The second-order valence-corrected chi connectivity index (χ2v) is 10.4. The van der Waals surface area contributed by atoms with Crippen LogP contribution in [0.1, 0.15) is 54.4 Å². The van der Waals surface area contributed by atoms with Crippen LogP contribution >= 0.6 is 0 Å². The van der Waals surface area contributed by atoms with Crippen molar-refractivity contribution in [3.63, 3.8) is 0 Å². The van der Waals surface area contributed by atoms with Gasteiger partial charge in [0.25, 0.3) is 0 Å². The Bertz CT molecular complexity index is 1270. The number of benzene rings is 3. The van der Waals surface area contributed by atoms with Gasteiger partial charge in [0.1, 0.15) is 0 Å². The summed E-state index contributed by atoms with van der Waals surface area (Å²) in [6.45, 7) is 3.33. The Kier molecular flexibility index (Phi) is 7.79. The summed E-state index contributed by atoms with van der Waals surface area (Å²) in [5.74, 6) is 0.760. The molecular formula is C32H35N3O. The minimum absolute atomic E-state index is 0.00933. The predicted octanol–water partition coefficient (Wildman–Crippen LogP) is 5.89. The molecule has 1 heterocycles. The van der Waals surface area contributed by atoms with Gasteiger partial charge in [0, 0.05) is 25.2 Å². The fourth-order valence-corrected chi connectivity index (χ4v) is 5.84. The second kappa shape index (κ2) is 11.5. The highest BCUT2D eigenvalue weighted by Crippen LogP contribution is 2.28. The van der Waals surface area contributed by atoms with Gasteiger partial charge in [0.05, 0.1) is 11.6 Å². The fourth-order valence-electron chi connectivity index (χ4n) is 5.84. The van der Waals surface area contributed by atoms with E-state index in [0.29, 0.717) is 0 Å². The van der Waals surface area contributed by atoms with Gasteiger partial charge in [0.15, 0.2) is 0 Å². The molecule has 1 N–H and O–H groups in total. The highest BCUT2D eigenvalue weighted by atomic mass is 16.1. The maximum atomic E-state index is 12.6. The van der Waals surface area contributed by atoms with Crippen LogP contribution < -0.4 is 5.32 Å². The lowest BCUT2D eigenvalue weighted by Gasteiger charge is -2.30. The molecule has 0 atom stereocenters. The van der Waals surface area contributed by atoms with Crippen LogP contribution in [-0.2, 0) is 17.6 Å². The summed E-state index contributed by atoms with van der Waals surface area (Å²) >= 11 is 0. The molecule has 184 valence electrons. The van der Waals surface area contributed by atoms with E-state index >= 15 is 0 Å². The van der Waals surface area contributed by atoms with Crippen molar-refractivity contribution in [3.8, 4) is 6.07 Å². The van der Waals surface area contributed by atoms with Crippen LogP contribution in [0.25, 0.3) is 16.8 Å². The van der Waals surface area contributed by atoms with Crippen LogP contribution in [0.4, 0.5) is 0 Å². The zero-order valence-electron chi connectivity index (χ0n) is 21.0. The number of nitrogens with zero attached hydrogens (tertiary/aromatic N) is 2. The van der Waals surface area contributed by atoms with Crippen LogP contribution in [0.3, 0.4) is 0 Å². The third-order valence-corrected chi connectivity index (χ3v) is 8.01. The van der Waals surface area contributed by atoms with Gasteiger partial charge in [-0.25, -0.2) is 0 Å². The number of hydrogen-bond donors (Lipinski definition) is 1. The Balaban J connectivity index is 1.05. The molecule has 1 saturated carbocycles. The number of amides is 1. The third-order valence-electron chi connectivity index (χ3n) is 8.01. The van der Waals surface area contributed by atoms with E-state index in [1.165, 1.54) is 41.2 Å². The van der Waals surface area contributed by atoms with Crippen molar-refractivity contribution in [2.24, 2.45) is 5.92 Å². The van der Waals surface area contributed by atoms with Crippen LogP contribution in [0.15, 0.2) is 66.7 Å². The van der Waals surface area contributed by atoms with E-state index in [1.54, 1.807) is 6.08 Å². The van der Waals surface area contributed by atoms with Crippen molar-refractivity contribution in [3.05, 3.63) is 89.0 Å². The maximum absolute atomic E-state index is 12.6. The lowest BCUT2D eigenvalue weighted by molar-refractivity contribution is -0.117. The summed E-state index contributed by atoms with van der Waals surface area (Å²) in [6.07, 6.45) is 11.5. The third kappa shape index (κ3) is 6.04. The van der Waals surface area contributed by atoms with Gasteiger partial charge in [-0.3, -0.25) is 4.79 Å². The van der Waals surface area contributed by atoms with Crippen molar-refractivity contribution >= 4 is 22.8 Å². The molecule has 1 aliphatic heterocycles. The molecule has 0 bridgehead atoms. The fraction of sp³-hybridized carbons (Fsp3) is 0.375. The van der Waals surface area contributed by atoms with Crippen molar-refractivity contribution < 1.29 is 4.79 Å². The predicted molar refractivity (Wildman–Crippen MR) is 146 cm³/mol. The molecule has 1 aliphatic carbocycles. The summed E-state index contributed by atoms with van der Waals surface area (Å²) in [6, 6.07) is 23.2. The summed E-state index contributed by atoms with van der Waals surface area (Å²) in [5.41, 5.74) is 4.61. The van der Waals surface area contributed by atoms with Crippen LogP contribution in [0.5, 0.6) is 0 Å². The highest BCUT2D eigenvalue weighted by molar-refractivity contribution is 5.96. The van der Waals surface area contributed by atoms with Crippen molar-refractivity contribution in [1.29, 1.82) is 5.26 Å². The average molecular weight is 478 g/mol. The summed E-state index contributed by atoms with van der Waals surface area (Å²) in [4.78, 5) is 15.2. The van der Waals surface area contributed by atoms with Crippen molar-refractivity contribution in [2.75, 3.05) is 19.6 Å². The monoisotopic (exact) mass is 477 g/mol. The molecule has 2 aliphatic rings. The van der Waals surface area contributed by atoms with E-state index in [4.69, 9.17) is 0 Å². The number of fused-ring (bicyclic) bond motifs is 2. The molecule has 1 amide bonds. The highest BCUT2D eigenvalue weighted by Gasteiger charge is 2.23. The Hall–Kier alpha value is -3.42. The first-order valence-electron chi connectivity index (χ1n) is 13.4. The van der Waals surface area contributed by atoms with Crippen molar-refractivity contribution in [2.45, 2.75) is 51.0 Å². The molecule has 4 nitrogen and oxygen atoms in total. The van der Waals surface area contributed by atoms with Gasteiger partial charge in [-0.1, -0.05) is 48.5 Å². The first-order chi connectivity index (χ1) is 17.7. The number of rotatable bonds is 6. The van der Waals surface area contributed by atoms with E-state index in [1.807, 2.05) is 30.3 Å². The summed E-state index contributed by atoms with van der Waals surface area (Å²) in [5, 5.41) is 14.8. The van der Waals surface area contributed by atoms with Gasteiger partial charge >= 0.3 is 0 Å². The van der Waals surface area contributed by atoms with E-state index in [2.05, 4.69) is 52.7 Å². The maximum Gasteiger partial charge on any atom is 0.244 e. The smallest absolute Gasteiger partial charge is 0.244 e. The first kappa shape index (κ1) is 24.3. The molecule has 3 aromatic carbocycles. The van der Waals surface area contributed by atoms with E-state index in [9.17, 15) is 10.1 Å². The van der Waals surface area contributed by atoms with E-state index in [0.717, 1.165) is 62.4 Å². The van der Waals surface area contributed by atoms with Gasteiger partial charge in [-0.2, -0.15) is 5.26 Å². The topological polar surface area (TPSA) is 56.1 Å². The SMILES string of the molecule is N#Cc1ccc2c(c1)CCN(CCC1CCC(NC(=O)/C=C/c3cccc4ccccc34)CC1)CC2. The van der Waals surface area contributed by atoms with Crippen LogP contribution in [0, 0.1) is 17.2 Å². The Labute approximate surface area is 214 Å². The quantitative estimate of drug-likeness (QED) is 0.450. The molecule has 3 aromatic rings. The molecule has 0 radical (unpaired) electrons. The number of carbonyl (C=O) groups is 1.